The molecule has 1 saturated heterocycles. The average molecular weight is 419 g/mol. The van der Waals surface area contributed by atoms with E-state index in [0.717, 1.165) is 15.0 Å². The number of halogens is 1. The molecule has 0 aliphatic carbocycles. The topological polar surface area (TPSA) is 52.9 Å². The molecular weight excluding hydrogens is 408 g/mol. The van der Waals surface area contributed by atoms with Crippen LogP contribution in [0.3, 0.4) is 0 Å². The smallest absolute Gasteiger partial charge is 0.286 e. The number of carbonyl (C=O) groups is 1. The second-order valence-corrected chi connectivity index (χ2v) is 7.44. The van der Waals surface area contributed by atoms with Crippen molar-refractivity contribution in [2.45, 2.75) is 0 Å². The Bertz CT molecular complexity index is 880. The quantitative estimate of drug-likeness (QED) is 0.456. The van der Waals surface area contributed by atoms with Crippen molar-refractivity contribution in [1.29, 1.82) is 0 Å². The number of thioether (sulfide) groups is 1. The molecule has 0 radical (unpaired) electrons. The lowest BCUT2D eigenvalue weighted by Gasteiger charge is -2.06. The van der Waals surface area contributed by atoms with Crippen molar-refractivity contribution in [3.63, 3.8) is 0 Å². The van der Waals surface area contributed by atoms with Crippen LogP contribution in [-0.2, 0) is 4.79 Å². The molecule has 1 aliphatic heterocycles. The van der Waals surface area contributed by atoms with Gasteiger partial charge in [-0.15, -0.1) is 0 Å². The Hall–Kier alpha value is -1.96. The summed E-state index contributed by atoms with van der Waals surface area (Å²) in [5.74, 6) is -0.187. The van der Waals surface area contributed by atoms with E-state index in [1.54, 1.807) is 30.3 Å². The van der Waals surface area contributed by atoms with Gasteiger partial charge in [-0.05, 0) is 48.1 Å². The minimum absolute atomic E-state index is 0.0939. The zero-order valence-electron chi connectivity index (χ0n) is 12.2. The predicted molar refractivity (Wildman–Crippen MR) is 105 cm³/mol. The predicted octanol–water partition coefficient (Wildman–Crippen LogP) is 4.39. The molecule has 0 bridgehead atoms. The molecule has 0 atom stereocenters. The summed E-state index contributed by atoms with van der Waals surface area (Å²) in [4.78, 5) is 13.0. The molecule has 0 unspecified atom stereocenters. The normalized spacial score (nSPS) is 16.5. The molecule has 0 saturated carbocycles. The van der Waals surface area contributed by atoms with Gasteiger partial charge in [-0.2, -0.15) is 10.1 Å². The number of hydrogen-bond donors (Lipinski definition) is 1. The van der Waals surface area contributed by atoms with Crippen LogP contribution < -0.4 is 0 Å². The molecule has 1 amide bonds. The van der Waals surface area contributed by atoms with E-state index in [1.165, 1.54) is 18.0 Å². The molecule has 2 aromatic rings. The number of phenolic OH excluding ortho intramolecular Hbond substituents is 1. The van der Waals surface area contributed by atoms with Gasteiger partial charge in [0.2, 0.25) is 0 Å². The van der Waals surface area contributed by atoms with E-state index in [0.29, 0.717) is 14.8 Å². The largest absolute Gasteiger partial charge is 0.507 e. The van der Waals surface area contributed by atoms with Crippen molar-refractivity contribution < 1.29 is 9.90 Å². The van der Waals surface area contributed by atoms with Crippen molar-refractivity contribution >= 4 is 62.4 Å². The van der Waals surface area contributed by atoms with E-state index in [4.69, 9.17) is 12.2 Å². The number of nitrogens with zero attached hydrogens (tertiary/aromatic N) is 2. The van der Waals surface area contributed by atoms with E-state index in [2.05, 4.69) is 21.0 Å². The molecule has 1 heterocycles. The molecule has 0 aromatic heterocycles. The third-order valence-corrected chi connectivity index (χ3v) is 4.94. The van der Waals surface area contributed by atoms with E-state index in [1.807, 2.05) is 24.3 Å². The summed E-state index contributed by atoms with van der Waals surface area (Å²) in [6, 6.07) is 14.4. The SMILES string of the molecule is O=C1C(=Cc2cccc(Br)c2)SC(=S)N1/N=C/c1ccccc1O. The monoisotopic (exact) mass is 418 g/mol. The van der Waals surface area contributed by atoms with Gasteiger partial charge in [0.15, 0.2) is 4.32 Å². The molecule has 1 N–H and O–H groups in total. The van der Waals surface area contributed by atoms with Gasteiger partial charge < -0.3 is 5.11 Å². The first-order valence-electron chi connectivity index (χ1n) is 6.90. The van der Waals surface area contributed by atoms with E-state index >= 15 is 0 Å². The minimum Gasteiger partial charge on any atom is -0.507 e. The number of hydrogen-bond acceptors (Lipinski definition) is 5. The summed E-state index contributed by atoms with van der Waals surface area (Å²) < 4.78 is 1.29. The molecule has 24 heavy (non-hydrogen) atoms. The van der Waals surface area contributed by atoms with Crippen molar-refractivity contribution in [3.8, 4) is 5.75 Å². The zero-order valence-corrected chi connectivity index (χ0v) is 15.4. The van der Waals surface area contributed by atoms with Crippen LogP contribution in [0, 0.1) is 0 Å². The van der Waals surface area contributed by atoms with Crippen LogP contribution in [0.1, 0.15) is 11.1 Å². The van der Waals surface area contributed by atoms with Gasteiger partial charge in [0, 0.05) is 10.0 Å². The minimum atomic E-state index is -0.281. The molecule has 7 heteroatoms. The summed E-state index contributed by atoms with van der Waals surface area (Å²) in [6.45, 7) is 0. The summed E-state index contributed by atoms with van der Waals surface area (Å²) >= 11 is 9.83. The van der Waals surface area contributed by atoms with E-state index in [-0.39, 0.29) is 11.7 Å². The Balaban J connectivity index is 1.83. The van der Waals surface area contributed by atoms with Gasteiger partial charge in [-0.1, -0.05) is 52.0 Å². The van der Waals surface area contributed by atoms with Gasteiger partial charge in [-0.3, -0.25) is 4.79 Å². The molecule has 3 rings (SSSR count). The van der Waals surface area contributed by atoms with Crippen LogP contribution >= 0.6 is 39.9 Å². The molecule has 1 aliphatic rings. The highest BCUT2D eigenvalue weighted by molar-refractivity contribution is 9.10. The number of amides is 1. The molecule has 4 nitrogen and oxygen atoms in total. The second kappa shape index (κ2) is 7.29. The Morgan fingerprint density at radius 1 is 1.21 bits per heavy atom. The van der Waals surface area contributed by atoms with Crippen LogP contribution in [0.4, 0.5) is 0 Å². The van der Waals surface area contributed by atoms with Crippen LogP contribution in [0.25, 0.3) is 6.08 Å². The summed E-state index contributed by atoms with van der Waals surface area (Å²) in [5, 5.41) is 15.0. The number of benzene rings is 2. The van der Waals surface area contributed by atoms with Crippen LogP contribution in [-0.4, -0.2) is 26.6 Å². The average Bonchev–Trinajstić information content (AvgIpc) is 2.81. The number of carbonyl (C=O) groups excluding carboxylic acids is 1. The fourth-order valence-electron chi connectivity index (χ4n) is 2.02. The molecular formula is C17H11BrN2O2S2. The van der Waals surface area contributed by atoms with E-state index in [9.17, 15) is 9.90 Å². The second-order valence-electron chi connectivity index (χ2n) is 4.85. The van der Waals surface area contributed by atoms with Crippen LogP contribution in [0.2, 0.25) is 0 Å². The first kappa shape index (κ1) is 16.9. The Labute approximate surface area is 157 Å². The van der Waals surface area contributed by atoms with Crippen LogP contribution in [0.15, 0.2) is 63.0 Å². The number of hydrazone groups is 1. The van der Waals surface area contributed by atoms with Gasteiger partial charge in [0.1, 0.15) is 5.75 Å². The standard InChI is InChI=1S/C17H11BrN2O2S2/c18-13-6-3-4-11(8-13)9-15-16(22)20(17(23)24-15)19-10-12-5-1-2-7-14(12)21/h1-10,21H/b15-9?,19-10+. The van der Waals surface area contributed by atoms with Crippen molar-refractivity contribution in [2.75, 3.05) is 0 Å². The zero-order chi connectivity index (χ0) is 17.1. The van der Waals surface area contributed by atoms with Gasteiger partial charge in [0.05, 0.1) is 11.1 Å². The maximum atomic E-state index is 12.5. The maximum Gasteiger partial charge on any atom is 0.286 e. The molecule has 0 spiro atoms. The summed E-state index contributed by atoms with van der Waals surface area (Å²) in [6.07, 6.45) is 3.20. The van der Waals surface area contributed by atoms with E-state index < -0.39 is 0 Å². The fraction of sp³-hybridized carbons (Fsp3) is 0. The third kappa shape index (κ3) is 3.75. The fourth-order valence-corrected chi connectivity index (χ4v) is 3.61. The number of phenols is 1. The maximum absolute atomic E-state index is 12.5. The Morgan fingerprint density at radius 3 is 2.75 bits per heavy atom. The Kier molecular flexibility index (Phi) is 5.13. The lowest BCUT2D eigenvalue weighted by molar-refractivity contribution is -0.122. The van der Waals surface area contributed by atoms with Gasteiger partial charge in [0.25, 0.3) is 5.91 Å². The highest BCUT2D eigenvalue weighted by Crippen LogP contribution is 2.33. The lowest BCUT2D eigenvalue weighted by atomic mass is 10.2. The third-order valence-electron chi connectivity index (χ3n) is 3.17. The van der Waals surface area contributed by atoms with Gasteiger partial charge >= 0.3 is 0 Å². The summed E-state index contributed by atoms with van der Waals surface area (Å²) in [5.41, 5.74) is 1.41. The van der Waals surface area contributed by atoms with Crippen LogP contribution in [0.5, 0.6) is 5.75 Å². The number of para-hydroxylation sites is 1. The number of thiocarbonyl (C=S) groups is 1. The first-order chi connectivity index (χ1) is 11.5. The highest BCUT2D eigenvalue weighted by atomic mass is 79.9. The molecule has 1 fully saturated rings. The summed E-state index contributed by atoms with van der Waals surface area (Å²) in [7, 11) is 0. The lowest BCUT2D eigenvalue weighted by Crippen LogP contribution is -2.22. The highest BCUT2D eigenvalue weighted by Gasteiger charge is 2.32. The molecule has 120 valence electrons. The van der Waals surface area contributed by atoms with Crippen molar-refractivity contribution in [2.24, 2.45) is 5.10 Å². The van der Waals surface area contributed by atoms with Gasteiger partial charge in [-0.25, -0.2) is 0 Å². The first-order valence-corrected chi connectivity index (χ1v) is 8.92. The number of aromatic hydroxyl groups is 1. The molecule has 2 aromatic carbocycles. The Morgan fingerprint density at radius 2 is 2.00 bits per heavy atom. The van der Waals surface area contributed by atoms with Crippen molar-refractivity contribution in [3.05, 3.63) is 69.0 Å². The number of rotatable bonds is 3. The van der Waals surface area contributed by atoms with Crippen molar-refractivity contribution in [1.82, 2.24) is 5.01 Å².